The first-order valence-corrected chi connectivity index (χ1v) is 15.7. The normalized spacial score (nSPS) is 11.9. The molecular weight excluding hydrogens is 375 g/mol. The van der Waals surface area contributed by atoms with Crippen LogP contribution in [0.25, 0.3) is 0 Å². The maximum absolute atomic E-state index is 10.0. The molecule has 0 saturated heterocycles. The second kappa shape index (κ2) is 19.6. The van der Waals surface area contributed by atoms with Crippen LogP contribution in [-0.4, -0.2) is 43.4 Å². The summed E-state index contributed by atoms with van der Waals surface area (Å²) in [5.41, 5.74) is 0. The molecule has 0 amide bonds. The summed E-state index contributed by atoms with van der Waals surface area (Å²) in [5.74, 6) is -0.201. The van der Waals surface area contributed by atoms with Gasteiger partial charge in [-0.2, -0.15) is 0 Å². The highest BCUT2D eigenvalue weighted by molar-refractivity contribution is 7.85. The Morgan fingerprint density at radius 2 is 0.889 bits per heavy atom. The predicted octanol–water partition coefficient (Wildman–Crippen LogP) is 7.32. The lowest BCUT2D eigenvalue weighted by Gasteiger charge is -2.28. The van der Waals surface area contributed by atoms with Crippen LogP contribution in [0.3, 0.4) is 0 Å². The van der Waals surface area contributed by atoms with Crippen LogP contribution in [0.4, 0.5) is 0 Å². The summed E-state index contributed by atoms with van der Waals surface area (Å²) in [6.45, 7) is 11.5. The molecule has 0 atom stereocenters. The Bertz CT molecular complexity index is 359. The summed E-state index contributed by atoms with van der Waals surface area (Å²) in [4.78, 5) is 0. The van der Waals surface area contributed by atoms with E-state index in [1.54, 1.807) is 24.6 Å². The zero-order chi connectivity index (χ0) is 21.0. The average Bonchev–Trinajstić information content (AvgIpc) is 2.64. The molecule has 166 valence electrons. The third-order valence-corrected chi connectivity index (χ3v) is 11.0. The molecule has 27 heavy (non-hydrogen) atoms. The lowest BCUT2D eigenvalue weighted by atomic mass is 10.2. The van der Waals surface area contributed by atoms with Gasteiger partial charge in [0.2, 0.25) is 0 Å². The van der Waals surface area contributed by atoms with Crippen molar-refractivity contribution in [3.05, 3.63) is 0 Å². The van der Waals surface area contributed by atoms with Crippen LogP contribution in [-0.2, 0) is 10.1 Å². The van der Waals surface area contributed by atoms with Crippen LogP contribution in [0.2, 0.25) is 0 Å². The maximum Gasteiger partial charge on any atom is 0.0945 e. The Labute approximate surface area is 172 Å². The molecule has 0 aliphatic heterocycles. The van der Waals surface area contributed by atoms with E-state index < -0.39 is 17.4 Å². The summed E-state index contributed by atoms with van der Waals surface area (Å²) in [7, 11) is -4.52. The summed E-state index contributed by atoms with van der Waals surface area (Å²) in [6.07, 6.45) is 21.4. The Hall–Kier alpha value is 0.340. The second-order valence-electron chi connectivity index (χ2n) is 7.97. The summed E-state index contributed by atoms with van der Waals surface area (Å²) < 4.78 is 30.1. The van der Waals surface area contributed by atoms with E-state index in [0.29, 0.717) is 6.42 Å². The molecule has 5 heteroatoms. The highest BCUT2D eigenvalue weighted by atomic mass is 32.2. The van der Waals surface area contributed by atoms with Gasteiger partial charge in [0.05, 0.1) is 34.8 Å². The Morgan fingerprint density at radius 3 is 1.15 bits per heavy atom. The number of rotatable bonds is 17. The maximum atomic E-state index is 10.0. The Balaban J connectivity index is 0. The van der Waals surface area contributed by atoms with E-state index in [0.717, 1.165) is 19.3 Å². The molecule has 0 spiro atoms. The van der Waals surface area contributed by atoms with Crippen molar-refractivity contribution in [2.24, 2.45) is 0 Å². The van der Waals surface area contributed by atoms with Crippen LogP contribution >= 0.6 is 7.26 Å². The fourth-order valence-electron chi connectivity index (χ4n) is 3.35. The van der Waals surface area contributed by atoms with Gasteiger partial charge in [-0.1, -0.05) is 79.6 Å². The van der Waals surface area contributed by atoms with Crippen LogP contribution in [0.1, 0.15) is 112 Å². The fourth-order valence-corrected chi connectivity index (χ4v) is 9.20. The molecule has 0 unspecified atom stereocenters. The van der Waals surface area contributed by atoms with Crippen molar-refractivity contribution in [3.63, 3.8) is 0 Å². The van der Waals surface area contributed by atoms with E-state index in [4.69, 9.17) is 0 Å². The van der Waals surface area contributed by atoms with E-state index >= 15 is 0 Å². The molecule has 0 aromatic carbocycles. The van der Waals surface area contributed by atoms with Gasteiger partial charge in [-0.25, -0.2) is 8.42 Å². The largest absolute Gasteiger partial charge is 0.748 e. The third kappa shape index (κ3) is 20.9. The first-order chi connectivity index (χ1) is 12.8. The highest BCUT2D eigenvalue weighted by Crippen LogP contribution is 2.61. The van der Waals surface area contributed by atoms with Crippen molar-refractivity contribution in [1.29, 1.82) is 0 Å². The number of hydrogen-bond donors (Lipinski definition) is 0. The van der Waals surface area contributed by atoms with Crippen LogP contribution in [0.5, 0.6) is 0 Å². The van der Waals surface area contributed by atoms with Gasteiger partial charge in [-0.3, -0.25) is 0 Å². The zero-order valence-electron chi connectivity index (χ0n) is 19.1. The monoisotopic (exact) mass is 424 g/mol. The molecule has 0 bridgehead atoms. The molecule has 0 N–H and O–H groups in total. The van der Waals surface area contributed by atoms with Crippen molar-refractivity contribution >= 4 is 17.4 Å². The van der Waals surface area contributed by atoms with Gasteiger partial charge in [0.15, 0.2) is 0 Å². The van der Waals surface area contributed by atoms with Crippen molar-refractivity contribution in [3.8, 4) is 0 Å². The molecule has 0 radical (unpaired) electrons. The zero-order valence-corrected chi connectivity index (χ0v) is 20.8. The minimum Gasteiger partial charge on any atom is -0.748 e. The van der Waals surface area contributed by atoms with Gasteiger partial charge in [-0.05, 0) is 32.1 Å². The van der Waals surface area contributed by atoms with Gasteiger partial charge >= 0.3 is 0 Å². The summed E-state index contributed by atoms with van der Waals surface area (Å²) in [5, 5.41) is 0. The van der Waals surface area contributed by atoms with Crippen molar-refractivity contribution in [2.45, 2.75) is 112 Å². The minimum absolute atomic E-state index is 0.201. The van der Waals surface area contributed by atoms with Gasteiger partial charge in [-0.15, -0.1) is 0 Å². The topological polar surface area (TPSA) is 57.2 Å². The van der Waals surface area contributed by atoms with E-state index in [-0.39, 0.29) is 5.75 Å². The molecule has 0 heterocycles. The SMILES string of the molecule is CCCCCCS(=O)(=O)[O-].CCCC[P+](CCCC)(CCCC)CCCC. The lowest BCUT2D eigenvalue weighted by Crippen LogP contribution is -2.12. The molecule has 3 nitrogen and oxygen atoms in total. The molecule has 0 saturated carbocycles. The van der Waals surface area contributed by atoms with Gasteiger partial charge < -0.3 is 4.55 Å². The Kier molecular flexibility index (Phi) is 21.5. The summed E-state index contributed by atoms with van der Waals surface area (Å²) >= 11 is 0. The molecule has 0 fully saturated rings. The van der Waals surface area contributed by atoms with Crippen LogP contribution in [0.15, 0.2) is 0 Å². The Morgan fingerprint density at radius 1 is 0.556 bits per heavy atom. The lowest BCUT2D eigenvalue weighted by molar-refractivity contribution is 0.459. The fraction of sp³-hybridized carbons (Fsp3) is 1.00. The average molecular weight is 425 g/mol. The first kappa shape index (κ1) is 29.5. The van der Waals surface area contributed by atoms with Crippen molar-refractivity contribution < 1.29 is 13.0 Å². The first-order valence-electron chi connectivity index (χ1n) is 11.6. The molecular formula is C22H49O3PS. The van der Waals surface area contributed by atoms with E-state index in [2.05, 4.69) is 27.7 Å². The van der Waals surface area contributed by atoms with E-state index in [1.165, 1.54) is 51.4 Å². The second-order valence-corrected chi connectivity index (χ2v) is 14.0. The number of hydrogen-bond acceptors (Lipinski definition) is 3. The molecule has 0 rings (SSSR count). The molecule has 0 aliphatic carbocycles. The molecule has 0 aromatic heterocycles. The quantitative estimate of drug-likeness (QED) is 0.140. The van der Waals surface area contributed by atoms with Gasteiger partial charge in [0.1, 0.15) is 0 Å². The van der Waals surface area contributed by atoms with Gasteiger partial charge in [0.25, 0.3) is 0 Å². The minimum atomic E-state index is -3.95. The smallest absolute Gasteiger partial charge is 0.0945 e. The van der Waals surface area contributed by atoms with Crippen molar-refractivity contribution in [1.82, 2.24) is 0 Å². The summed E-state index contributed by atoms with van der Waals surface area (Å²) in [6, 6.07) is 0. The standard InChI is InChI=1S/C16H36P.C6H14O3S/c1-5-9-13-17(14-10-6-2,15-11-7-3)16-12-8-4;1-2-3-4-5-6-10(7,8)9/h5-16H2,1-4H3;2-6H2,1H3,(H,7,8,9)/q+1;/p-1. The highest BCUT2D eigenvalue weighted by Gasteiger charge is 2.34. The van der Waals surface area contributed by atoms with Crippen molar-refractivity contribution in [2.75, 3.05) is 30.4 Å². The third-order valence-electron chi connectivity index (χ3n) is 5.19. The molecule has 0 aliphatic rings. The van der Waals surface area contributed by atoms with Gasteiger partial charge in [0, 0.05) is 13.0 Å². The predicted molar refractivity (Wildman–Crippen MR) is 125 cm³/mol. The number of unbranched alkanes of at least 4 members (excludes halogenated alkanes) is 7. The van der Waals surface area contributed by atoms with Crippen LogP contribution in [0, 0.1) is 0 Å². The van der Waals surface area contributed by atoms with E-state index in [1.807, 2.05) is 6.92 Å². The van der Waals surface area contributed by atoms with Crippen LogP contribution < -0.4 is 0 Å². The molecule has 0 aromatic rings. The van der Waals surface area contributed by atoms with E-state index in [9.17, 15) is 13.0 Å².